The van der Waals surface area contributed by atoms with Crippen LogP contribution in [0, 0.1) is 0 Å². The van der Waals surface area contributed by atoms with Crippen LogP contribution in [0.15, 0.2) is 47.5 Å². The maximum absolute atomic E-state index is 5.19. The van der Waals surface area contributed by atoms with Crippen molar-refractivity contribution in [3.8, 4) is 0 Å². The quantitative estimate of drug-likeness (QED) is 0.206. The number of thioether (sulfide) groups is 1. The van der Waals surface area contributed by atoms with Crippen molar-refractivity contribution >= 4 is 59.3 Å². The monoisotopic (exact) mass is 445 g/mol. The molecular weight excluding hydrogens is 420 g/mol. The number of rotatable bonds is 5. The normalized spacial score (nSPS) is 14.8. The maximum atomic E-state index is 5.19. The first-order chi connectivity index (χ1) is 10.5. The van der Waals surface area contributed by atoms with E-state index >= 15 is 0 Å². The standard InChI is InChI=1S/C18H25INPS/c1-5-21(19,6-2,7-3)18(22-4)20-17-14-10-12-15-11-8-9-13-16(15)17/h8-14H,5-7H2,1-4H3. The van der Waals surface area contributed by atoms with E-state index in [1.165, 1.54) is 34.0 Å². The van der Waals surface area contributed by atoms with Gasteiger partial charge < -0.3 is 0 Å². The van der Waals surface area contributed by atoms with Crippen molar-refractivity contribution in [1.29, 1.82) is 0 Å². The van der Waals surface area contributed by atoms with Gasteiger partial charge in [-0.1, -0.05) is 0 Å². The number of nitrogens with zero attached hydrogens (tertiary/aromatic N) is 1. The van der Waals surface area contributed by atoms with Gasteiger partial charge in [-0.3, -0.25) is 0 Å². The van der Waals surface area contributed by atoms with Crippen molar-refractivity contribution in [3.05, 3.63) is 42.5 Å². The van der Waals surface area contributed by atoms with Crippen molar-refractivity contribution in [2.45, 2.75) is 20.8 Å². The summed E-state index contributed by atoms with van der Waals surface area (Å²) in [5, 5.41) is 2.52. The van der Waals surface area contributed by atoms with Gasteiger partial charge in [-0.2, -0.15) is 0 Å². The average Bonchev–Trinajstić information content (AvgIpc) is 2.59. The van der Waals surface area contributed by atoms with E-state index in [-0.39, 0.29) is 0 Å². The SMILES string of the molecule is CCP(I)(CC)(CC)C(=Nc1cccc2ccccc12)SC. The summed E-state index contributed by atoms with van der Waals surface area (Å²) in [5.41, 5.74) is 1.11. The topological polar surface area (TPSA) is 12.4 Å². The Balaban J connectivity index is 2.66. The average molecular weight is 445 g/mol. The summed E-state index contributed by atoms with van der Waals surface area (Å²) >= 11 is 4.64. The number of hydrogen-bond donors (Lipinski definition) is 0. The molecule has 0 saturated heterocycles. The van der Waals surface area contributed by atoms with E-state index in [9.17, 15) is 0 Å². The summed E-state index contributed by atoms with van der Waals surface area (Å²) in [7, 11) is 0. The van der Waals surface area contributed by atoms with Crippen LogP contribution in [0.1, 0.15) is 20.8 Å². The fourth-order valence-corrected chi connectivity index (χ4v) is 10.7. The van der Waals surface area contributed by atoms with Crippen LogP contribution in [0.2, 0.25) is 0 Å². The van der Waals surface area contributed by atoms with Gasteiger partial charge >= 0.3 is 152 Å². The van der Waals surface area contributed by atoms with Gasteiger partial charge in [0.25, 0.3) is 0 Å². The number of aliphatic imine (C=N–C) groups is 1. The van der Waals surface area contributed by atoms with E-state index in [1.54, 1.807) is 0 Å². The molecule has 0 fully saturated rings. The Labute approximate surface area is 151 Å². The van der Waals surface area contributed by atoms with Crippen LogP contribution in [-0.2, 0) is 0 Å². The minimum absolute atomic E-state index is 1.11. The molecule has 0 aromatic heterocycles. The Morgan fingerprint density at radius 1 is 1.00 bits per heavy atom. The summed E-state index contributed by atoms with van der Waals surface area (Å²) in [6.45, 7) is 7.02. The molecule has 0 heterocycles. The Morgan fingerprint density at radius 3 is 2.18 bits per heavy atom. The number of halogens is 1. The molecule has 2 aromatic carbocycles. The molecule has 0 saturated carbocycles. The van der Waals surface area contributed by atoms with E-state index in [4.69, 9.17) is 4.99 Å². The Bertz CT molecular complexity index is 678. The molecule has 0 spiro atoms. The minimum atomic E-state index is -1.92. The van der Waals surface area contributed by atoms with E-state index in [0.29, 0.717) is 0 Å². The van der Waals surface area contributed by atoms with Crippen LogP contribution < -0.4 is 0 Å². The van der Waals surface area contributed by atoms with Crippen LogP contribution in [0.3, 0.4) is 0 Å². The predicted molar refractivity (Wildman–Crippen MR) is 117 cm³/mol. The van der Waals surface area contributed by atoms with Gasteiger partial charge in [0.05, 0.1) is 0 Å². The molecule has 0 bridgehead atoms. The van der Waals surface area contributed by atoms with Gasteiger partial charge in [-0.25, -0.2) is 0 Å². The summed E-state index contributed by atoms with van der Waals surface area (Å²) in [5.74, 6) is 0. The van der Waals surface area contributed by atoms with Crippen LogP contribution in [0.25, 0.3) is 10.8 Å². The first kappa shape index (κ1) is 18.2. The van der Waals surface area contributed by atoms with Crippen LogP contribution >= 0.6 is 38.0 Å². The molecule has 0 unspecified atom stereocenters. The predicted octanol–water partition coefficient (Wildman–Crippen LogP) is 7.15. The zero-order valence-electron chi connectivity index (χ0n) is 13.8. The molecule has 1 nitrogen and oxygen atoms in total. The van der Waals surface area contributed by atoms with E-state index in [2.05, 4.69) is 91.5 Å². The molecule has 0 radical (unpaired) electrons. The van der Waals surface area contributed by atoms with Crippen molar-refractivity contribution < 1.29 is 0 Å². The zero-order valence-corrected chi connectivity index (χ0v) is 17.7. The molecule has 2 rings (SSSR count). The van der Waals surface area contributed by atoms with Crippen LogP contribution in [0.5, 0.6) is 0 Å². The van der Waals surface area contributed by atoms with Crippen molar-refractivity contribution in [2.75, 3.05) is 24.7 Å². The van der Waals surface area contributed by atoms with E-state index < -0.39 is 4.25 Å². The first-order valence-electron chi connectivity index (χ1n) is 7.84. The first-order valence-corrected chi connectivity index (χ1v) is 14.6. The molecule has 2 aromatic rings. The molecule has 0 atom stereocenters. The Morgan fingerprint density at radius 2 is 1.59 bits per heavy atom. The van der Waals surface area contributed by atoms with Crippen LogP contribution in [0.4, 0.5) is 5.69 Å². The van der Waals surface area contributed by atoms with Crippen molar-refractivity contribution in [1.82, 2.24) is 0 Å². The van der Waals surface area contributed by atoms with Gasteiger partial charge in [0.2, 0.25) is 0 Å². The van der Waals surface area contributed by atoms with E-state index in [0.717, 1.165) is 5.69 Å². The summed E-state index contributed by atoms with van der Waals surface area (Å²) in [6, 6.07) is 15.0. The fraction of sp³-hybridized carbons (Fsp3) is 0.389. The summed E-state index contributed by atoms with van der Waals surface area (Å²) < 4.78 is -1.92. The second-order valence-electron chi connectivity index (χ2n) is 5.63. The molecule has 0 amide bonds. The molecule has 22 heavy (non-hydrogen) atoms. The number of hydrogen-bond acceptors (Lipinski definition) is 2. The van der Waals surface area contributed by atoms with Crippen LogP contribution in [-0.4, -0.2) is 29.5 Å². The molecule has 0 aliphatic rings. The second-order valence-corrected chi connectivity index (χ2v) is 19.8. The summed E-state index contributed by atoms with van der Waals surface area (Å²) in [6.07, 6.45) is 5.86. The van der Waals surface area contributed by atoms with Crippen molar-refractivity contribution in [2.24, 2.45) is 4.99 Å². The molecule has 0 aliphatic carbocycles. The third-order valence-corrected chi connectivity index (χ3v) is 21.2. The third kappa shape index (κ3) is 3.22. The molecular formula is C18H25INPS. The van der Waals surface area contributed by atoms with Gasteiger partial charge in [0.1, 0.15) is 0 Å². The molecule has 120 valence electrons. The molecule has 0 N–H and O–H groups in total. The van der Waals surface area contributed by atoms with E-state index in [1.807, 2.05) is 11.8 Å². The van der Waals surface area contributed by atoms with Gasteiger partial charge in [0, 0.05) is 0 Å². The fourth-order valence-electron chi connectivity index (χ4n) is 2.88. The van der Waals surface area contributed by atoms with Gasteiger partial charge in [-0.05, 0) is 0 Å². The second kappa shape index (κ2) is 7.19. The van der Waals surface area contributed by atoms with Gasteiger partial charge in [-0.15, -0.1) is 0 Å². The number of benzene rings is 2. The molecule has 0 aliphatic heterocycles. The number of fused-ring (bicyclic) bond motifs is 1. The Kier molecular flexibility index (Phi) is 5.95. The zero-order chi connectivity index (χ0) is 16.2. The Hall–Kier alpha value is -0.120. The molecule has 4 heteroatoms. The third-order valence-electron chi connectivity index (χ3n) is 4.82. The van der Waals surface area contributed by atoms with Crippen molar-refractivity contribution in [3.63, 3.8) is 0 Å². The summed E-state index contributed by atoms with van der Waals surface area (Å²) in [4.78, 5) is 6.56. The van der Waals surface area contributed by atoms with Gasteiger partial charge in [0.15, 0.2) is 0 Å².